The van der Waals surface area contributed by atoms with E-state index >= 15 is 0 Å². The van der Waals surface area contributed by atoms with Crippen LogP contribution in [0.15, 0.2) is 34.9 Å². The monoisotopic (exact) mass is 411 g/mol. The molecule has 1 atom stereocenters. The Labute approximate surface area is 179 Å². The largest absolute Gasteiger partial charge is 0.494 e. The number of ether oxygens (including phenoxy) is 1. The lowest BCUT2D eigenvalue weighted by molar-refractivity contribution is 0.0890. The van der Waals surface area contributed by atoms with E-state index in [1.54, 1.807) is 0 Å². The fraction of sp³-hybridized carbons (Fsp3) is 0.583. The molecule has 2 aliphatic rings. The fourth-order valence-corrected chi connectivity index (χ4v) is 4.69. The van der Waals surface area contributed by atoms with Gasteiger partial charge in [0.05, 0.1) is 12.3 Å². The van der Waals surface area contributed by atoms with Gasteiger partial charge in [-0.05, 0) is 56.8 Å². The number of rotatable bonds is 7. The van der Waals surface area contributed by atoms with Gasteiger partial charge in [-0.1, -0.05) is 36.6 Å². The number of likely N-dealkylation sites (tertiary alicyclic amines) is 1. The highest BCUT2D eigenvalue weighted by Crippen LogP contribution is 2.28. The molecule has 1 saturated carbocycles. The van der Waals surface area contributed by atoms with Crippen molar-refractivity contribution in [1.82, 2.24) is 15.4 Å². The van der Waals surface area contributed by atoms with Crippen LogP contribution in [-0.2, 0) is 6.54 Å². The molecule has 0 spiro atoms. The molecule has 0 bridgehead atoms. The second kappa shape index (κ2) is 10.1. The van der Waals surface area contributed by atoms with Gasteiger partial charge in [0.25, 0.3) is 5.91 Å². The Hall–Kier alpha value is -2.34. The summed E-state index contributed by atoms with van der Waals surface area (Å²) in [6.07, 6.45) is 7.98. The molecule has 6 heteroatoms. The highest BCUT2D eigenvalue weighted by Gasteiger charge is 2.26. The molecule has 2 aromatic rings. The van der Waals surface area contributed by atoms with Gasteiger partial charge >= 0.3 is 0 Å². The van der Waals surface area contributed by atoms with E-state index in [1.807, 2.05) is 19.1 Å². The maximum absolute atomic E-state index is 12.5. The molecule has 1 amide bonds. The first-order valence-corrected chi connectivity index (χ1v) is 11.4. The molecule has 2 fully saturated rings. The summed E-state index contributed by atoms with van der Waals surface area (Å²) in [7, 11) is 0. The van der Waals surface area contributed by atoms with E-state index in [0.29, 0.717) is 18.3 Å². The summed E-state index contributed by atoms with van der Waals surface area (Å²) in [5.41, 5.74) is 2.16. The summed E-state index contributed by atoms with van der Waals surface area (Å²) < 4.78 is 11.0. The lowest BCUT2D eigenvalue weighted by atomic mass is 9.94. The minimum Gasteiger partial charge on any atom is -0.494 e. The number of piperidine rings is 1. The number of aromatic nitrogens is 1. The SMILES string of the molecule is CCOc1cccc(CN2CCC[C@@H](c3cc(C(=O)NC4CCCCC4)on3)C2)c1. The van der Waals surface area contributed by atoms with Gasteiger partial charge < -0.3 is 14.6 Å². The second-order valence-electron chi connectivity index (χ2n) is 8.58. The molecule has 1 aromatic carbocycles. The van der Waals surface area contributed by atoms with Crippen LogP contribution in [0.5, 0.6) is 5.75 Å². The van der Waals surface area contributed by atoms with Gasteiger partial charge in [-0.3, -0.25) is 9.69 Å². The zero-order chi connectivity index (χ0) is 20.8. The molecule has 1 aromatic heterocycles. The molecule has 6 nitrogen and oxygen atoms in total. The molecule has 4 rings (SSSR count). The molecule has 1 aliphatic carbocycles. The second-order valence-corrected chi connectivity index (χ2v) is 8.58. The Balaban J connectivity index is 1.34. The van der Waals surface area contributed by atoms with Crippen LogP contribution in [-0.4, -0.2) is 41.7 Å². The molecule has 0 radical (unpaired) electrons. The average molecular weight is 412 g/mol. The van der Waals surface area contributed by atoms with Crippen LogP contribution < -0.4 is 10.1 Å². The summed E-state index contributed by atoms with van der Waals surface area (Å²) in [6, 6.07) is 10.4. The zero-order valence-electron chi connectivity index (χ0n) is 17.9. The molecule has 0 unspecified atom stereocenters. The Bertz CT molecular complexity index is 829. The van der Waals surface area contributed by atoms with Crippen molar-refractivity contribution in [3.63, 3.8) is 0 Å². The summed E-state index contributed by atoms with van der Waals surface area (Å²) in [5.74, 6) is 1.45. The van der Waals surface area contributed by atoms with Crippen molar-refractivity contribution >= 4 is 5.91 Å². The fourth-order valence-electron chi connectivity index (χ4n) is 4.69. The van der Waals surface area contributed by atoms with E-state index in [4.69, 9.17) is 9.26 Å². The predicted octanol–water partition coefficient (Wildman–Crippen LogP) is 4.52. The van der Waals surface area contributed by atoms with Gasteiger partial charge in [-0.15, -0.1) is 0 Å². The Morgan fingerprint density at radius 1 is 1.20 bits per heavy atom. The Morgan fingerprint density at radius 3 is 2.90 bits per heavy atom. The van der Waals surface area contributed by atoms with Crippen molar-refractivity contribution in [2.75, 3.05) is 19.7 Å². The minimum absolute atomic E-state index is 0.124. The minimum atomic E-state index is -0.124. The molecule has 2 heterocycles. The number of hydrogen-bond acceptors (Lipinski definition) is 5. The van der Waals surface area contributed by atoms with Gasteiger partial charge in [0.2, 0.25) is 5.76 Å². The summed E-state index contributed by atoms with van der Waals surface area (Å²) in [4.78, 5) is 15.0. The maximum atomic E-state index is 12.5. The standard InChI is InChI=1S/C24H33N3O3/c1-2-29-21-12-6-8-18(14-21)16-27-13-7-9-19(17-27)22-15-23(30-26-22)24(28)25-20-10-4-3-5-11-20/h6,8,12,14-15,19-20H,2-5,7,9-11,13,16-17H2,1H3,(H,25,28)/t19-/m1/s1. The van der Waals surface area contributed by atoms with Crippen LogP contribution >= 0.6 is 0 Å². The van der Waals surface area contributed by atoms with E-state index in [-0.39, 0.29) is 11.9 Å². The lowest BCUT2D eigenvalue weighted by Crippen LogP contribution is -2.36. The first kappa shape index (κ1) is 20.9. The molecule has 162 valence electrons. The number of nitrogens with zero attached hydrogens (tertiary/aromatic N) is 2. The van der Waals surface area contributed by atoms with E-state index in [1.165, 1.54) is 24.8 Å². The van der Waals surface area contributed by atoms with E-state index in [9.17, 15) is 4.79 Å². The summed E-state index contributed by atoms with van der Waals surface area (Å²) >= 11 is 0. The molecular formula is C24H33N3O3. The van der Waals surface area contributed by atoms with Crippen molar-refractivity contribution in [2.45, 2.75) is 70.4 Å². The van der Waals surface area contributed by atoms with Crippen LogP contribution in [0.4, 0.5) is 0 Å². The predicted molar refractivity (Wildman–Crippen MR) is 116 cm³/mol. The van der Waals surface area contributed by atoms with Crippen LogP contribution in [0.25, 0.3) is 0 Å². The quantitative estimate of drug-likeness (QED) is 0.726. The lowest BCUT2D eigenvalue weighted by Gasteiger charge is -2.31. The summed E-state index contributed by atoms with van der Waals surface area (Å²) in [5, 5.41) is 7.36. The van der Waals surface area contributed by atoms with Crippen LogP contribution in [0.1, 0.15) is 79.6 Å². The molecular weight excluding hydrogens is 378 g/mol. The van der Waals surface area contributed by atoms with Crippen molar-refractivity contribution in [1.29, 1.82) is 0 Å². The third-order valence-electron chi connectivity index (χ3n) is 6.23. The first-order valence-electron chi connectivity index (χ1n) is 11.4. The number of benzene rings is 1. The van der Waals surface area contributed by atoms with Gasteiger partial charge in [0.15, 0.2) is 0 Å². The van der Waals surface area contributed by atoms with Crippen molar-refractivity contribution in [3.8, 4) is 5.75 Å². The van der Waals surface area contributed by atoms with Crippen LogP contribution in [0, 0.1) is 0 Å². The van der Waals surface area contributed by atoms with Gasteiger partial charge in [-0.25, -0.2) is 0 Å². The smallest absolute Gasteiger partial charge is 0.290 e. The van der Waals surface area contributed by atoms with E-state index in [2.05, 4.69) is 33.6 Å². The number of nitrogens with one attached hydrogen (secondary N) is 1. The van der Waals surface area contributed by atoms with Crippen LogP contribution in [0.3, 0.4) is 0 Å². The highest BCUT2D eigenvalue weighted by molar-refractivity contribution is 5.91. The Morgan fingerprint density at radius 2 is 2.07 bits per heavy atom. The first-order chi connectivity index (χ1) is 14.7. The number of carbonyl (C=O) groups is 1. The third-order valence-corrected chi connectivity index (χ3v) is 6.23. The van der Waals surface area contributed by atoms with Crippen molar-refractivity contribution in [3.05, 3.63) is 47.3 Å². The molecule has 1 saturated heterocycles. The molecule has 30 heavy (non-hydrogen) atoms. The number of carbonyl (C=O) groups excluding carboxylic acids is 1. The normalized spacial score (nSPS) is 20.8. The number of hydrogen-bond donors (Lipinski definition) is 1. The highest BCUT2D eigenvalue weighted by atomic mass is 16.5. The van der Waals surface area contributed by atoms with Crippen LogP contribution in [0.2, 0.25) is 0 Å². The van der Waals surface area contributed by atoms with E-state index < -0.39 is 0 Å². The Kier molecular flexibility index (Phi) is 7.05. The van der Waals surface area contributed by atoms with Gasteiger partial charge in [-0.2, -0.15) is 0 Å². The van der Waals surface area contributed by atoms with Gasteiger partial charge in [0, 0.05) is 31.1 Å². The average Bonchev–Trinajstić information content (AvgIpc) is 3.26. The topological polar surface area (TPSA) is 67.6 Å². The number of amides is 1. The van der Waals surface area contributed by atoms with E-state index in [0.717, 1.165) is 56.8 Å². The third kappa shape index (κ3) is 5.42. The van der Waals surface area contributed by atoms with Crippen molar-refractivity contribution < 1.29 is 14.1 Å². The van der Waals surface area contributed by atoms with Crippen molar-refractivity contribution in [2.24, 2.45) is 0 Å². The van der Waals surface area contributed by atoms with Gasteiger partial charge in [0.1, 0.15) is 5.75 Å². The molecule has 1 aliphatic heterocycles. The molecule has 1 N–H and O–H groups in total. The maximum Gasteiger partial charge on any atom is 0.290 e. The summed E-state index contributed by atoms with van der Waals surface area (Å²) in [6.45, 7) is 5.57. The zero-order valence-corrected chi connectivity index (χ0v) is 17.9.